The first-order chi connectivity index (χ1) is 14.7. The Bertz CT molecular complexity index is 991. The van der Waals surface area contributed by atoms with Crippen LogP contribution in [-0.2, 0) is 4.79 Å². The molecule has 2 aromatic heterocycles. The zero-order valence-corrected chi connectivity index (χ0v) is 17.7. The molecule has 7 nitrogen and oxygen atoms in total. The number of ether oxygens (including phenoxy) is 2. The molecule has 2 saturated heterocycles. The minimum atomic E-state index is 0.211. The molecule has 2 bridgehead atoms. The molecule has 2 atom stereocenters. The molecule has 0 aliphatic carbocycles. The number of fused-ring (bicyclic) bond motifs is 3. The second-order valence-electron chi connectivity index (χ2n) is 7.80. The van der Waals surface area contributed by atoms with E-state index in [1.807, 2.05) is 36.4 Å². The summed E-state index contributed by atoms with van der Waals surface area (Å²) in [5, 5.41) is 0.580. The lowest BCUT2D eigenvalue weighted by atomic mass is 10.2. The Labute approximate surface area is 179 Å². The first-order valence-electron chi connectivity index (χ1n) is 10.3. The molecule has 0 unspecified atom stereocenters. The minimum Gasteiger partial charge on any atom is -0.492 e. The summed E-state index contributed by atoms with van der Waals surface area (Å²) in [5.41, 5.74) is 0.704. The first-order valence-corrected chi connectivity index (χ1v) is 11.1. The van der Waals surface area contributed by atoms with Crippen LogP contribution in [0, 0.1) is 0 Å². The highest BCUT2D eigenvalue weighted by molar-refractivity contribution is 7.20. The molecule has 2 aliphatic rings. The summed E-state index contributed by atoms with van der Waals surface area (Å²) < 4.78 is 12.8. The van der Waals surface area contributed by atoms with Crippen LogP contribution in [0.2, 0.25) is 0 Å². The van der Waals surface area contributed by atoms with E-state index >= 15 is 0 Å². The minimum absolute atomic E-state index is 0.211. The maximum absolute atomic E-state index is 11.8. The van der Waals surface area contributed by atoms with Crippen molar-refractivity contribution in [2.45, 2.75) is 31.8 Å². The fraction of sp³-hybridized carbons (Fsp3) is 0.409. The van der Waals surface area contributed by atoms with Crippen molar-refractivity contribution in [2.24, 2.45) is 0 Å². The lowest BCUT2D eigenvalue weighted by molar-refractivity contribution is -0.134. The number of benzene rings is 1. The van der Waals surface area contributed by atoms with Gasteiger partial charge in [-0.15, -0.1) is 0 Å². The van der Waals surface area contributed by atoms with Crippen molar-refractivity contribution in [1.29, 1.82) is 0 Å². The van der Waals surface area contributed by atoms with E-state index in [2.05, 4.69) is 19.8 Å². The average molecular weight is 425 g/mol. The molecule has 5 rings (SSSR count). The van der Waals surface area contributed by atoms with Crippen molar-refractivity contribution in [2.75, 3.05) is 26.2 Å². The molecule has 4 heterocycles. The van der Waals surface area contributed by atoms with Gasteiger partial charge in [0.1, 0.15) is 18.1 Å². The van der Waals surface area contributed by atoms with Gasteiger partial charge in [0.25, 0.3) is 5.19 Å². The van der Waals surface area contributed by atoms with Crippen molar-refractivity contribution < 1.29 is 14.3 Å². The summed E-state index contributed by atoms with van der Waals surface area (Å²) in [7, 11) is 0. The van der Waals surface area contributed by atoms with Crippen LogP contribution in [0.4, 0.5) is 0 Å². The third-order valence-electron chi connectivity index (χ3n) is 5.77. The second kappa shape index (κ2) is 8.20. The van der Waals surface area contributed by atoms with Gasteiger partial charge < -0.3 is 14.4 Å². The van der Waals surface area contributed by atoms with E-state index in [-0.39, 0.29) is 5.91 Å². The molecule has 8 heteroatoms. The summed E-state index contributed by atoms with van der Waals surface area (Å²) in [5.74, 6) is 1.75. The fourth-order valence-electron chi connectivity index (χ4n) is 4.48. The zero-order chi connectivity index (χ0) is 20.5. The predicted octanol–water partition coefficient (Wildman–Crippen LogP) is 3.56. The Kier molecular flexibility index (Phi) is 5.26. The Morgan fingerprint density at radius 2 is 1.87 bits per heavy atom. The van der Waals surface area contributed by atoms with Crippen molar-refractivity contribution in [3.63, 3.8) is 0 Å². The van der Waals surface area contributed by atoms with Gasteiger partial charge in [0.05, 0.1) is 4.70 Å². The van der Waals surface area contributed by atoms with Gasteiger partial charge in [-0.3, -0.25) is 9.69 Å². The summed E-state index contributed by atoms with van der Waals surface area (Å²) in [6, 6.07) is 12.2. The van der Waals surface area contributed by atoms with Gasteiger partial charge in [0.2, 0.25) is 5.91 Å². The number of carbonyl (C=O) groups excluding carboxylic acids is 1. The van der Waals surface area contributed by atoms with Gasteiger partial charge in [0.15, 0.2) is 5.65 Å². The number of carbonyl (C=O) groups is 1. The van der Waals surface area contributed by atoms with E-state index in [1.165, 1.54) is 11.3 Å². The second-order valence-corrected chi connectivity index (χ2v) is 8.79. The van der Waals surface area contributed by atoms with Gasteiger partial charge in [-0.05, 0) is 49.2 Å². The third-order valence-corrected chi connectivity index (χ3v) is 6.66. The molecule has 0 radical (unpaired) electrons. The van der Waals surface area contributed by atoms with Crippen molar-refractivity contribution in [3.05, 3.63) is 42.6 Å². The highest BCUT2D eigenvalue weighted by Gasteiger charge is 2.40. The van der Waals surface area contributed by atoms with Gasteiger partial charge in [-0.25, -0.2) is 4.98 Å². The average Bonchev–Trinajstić information content (AvgIpc) is 3.27. The lowest BCUT2D eigenvalue weighted by Gasteiger charge is -2.40. The third kappa shape index (κ3) is 3.97. The van der Waals surface area contributed by atoms with Gasteiger partial charge >= 0.3 is 0 Å². The largest absolute Gasteiger partial charge is 0.492 e. The number of piperazine rings is 1. The molecule has 0 spiro atoms. The number of hydrogen-bond acceptors (Lipinski definition) is 7. The normalized spacial score (nSPS) is 21.2. The highest BCUT2D eigenvalue weighted by atomic mass is 32.1. The van der Waals surface area contributed by atoms with Gasteiger partial charge in [0, 0.05) is 44.8 Å². The van der Waals surface area contributed by atoms with Crippen LogP contribution in [0.5, 0.6) is 16.7 Å². The number of aromatic nitrogens is 2. The molecule has 2 fully saturated rings. The van der Waals surface area contributed by atoms with Crippen LogP contribution < -0.4 is 9.47 Å². The Morgan fingerprint density at radius 3 is 2.57 bits per heavy atom. The smallest absolute Gasteiger partial charge is 0.281 e. The number of thiazole rings is 1. The number of rotatable bonds is 6. The number of hydrogen-bond donors (Lipinski definition) is 0. The van der Waals surface area contributed by atoms with Gasteiger partial charge in [-0.1, -0.05) is 11.3 Å². The van der Waals surface area contributed by atoms with Crippen LogP contribution in [0.3, 0.4) is 0 Å². The maximum Gasteiger partial charge on any atom is 0.281 e. The zero-order valence-electron chi connectivity index (χ0n) is 16.9. The number of pyridine rings is 1. The quantitative estimate of drug-likeness (QED) is 0.603. The van der Waals surface area contributed by atoms with Crippen LogP contribution in [-0.4, -0.2) is 64.0 Å². The summed E-state index contributed by atoms with van der Waals surface area (Å²) in [6.45, 7) is 5.08. The topological polar surface area (TPSA) is 67.8 Å². The van der Waals surface area contributed by atoms with Crippen molar-refractivity contribution in [1.82, 2.24) is 19.8 Å². The standard InChI is InChI=1S/C22H24N4O3S/c1-15(27)26-16-4-5-17(26)14-25(13-16)11-12-28-18-6-8-19(9-7-18)29-22-24-21-20(30-22)3-2-10-23-21/h2-3,6-10,16-17H,4-5,11-14H2,1H3/t16-,17+. The van der Waals surface area contributed by atoms with E-state index < -0.39 is 0 Å². The Hall–Kier alpha value is -2.71. The van der Waals surface area contributed by atoms with Crippen molar-refractivity contribution in [3.8, 4) is 16.7 Å². The highest BCUT2D eigenvalue weighted by Crippen LogP contribution is 2.31. The van der Waals surface area contributed by atoms with Crippen LogP contribution in [0.1, 0.15) is 19.8 Å². The van der Waals surface area contributed by atoms with E-state index in [1.54, 1.807) is 13.1 Å². The van der Waals surface area contributed by atoms with E-state index in [0.717, 1.165) is 48.7 Å². The summed E-state index contributed by atoms with van der Waals surface area (Å²) >= 11 is 1.48. The molecule has 2 aliphatic heterocycles. The number of likely N-dealkylation sites (tertiary alicyclic amines) is 1. The summed E-state index contributed by atoms with van der Waals surface area (Å²) in [4.78, 5) is 24.9. The van der Waals surface area contributed by atoms with E-state index in [4.69, 9.17) is 9.47 Å². The molecule has 3 aromatic rings. The fourth-order valence-corrected chi connectivity index (χ4v) is 5.27. The SMILES string of the molecule is CC(=O)N1[C@@H]2CC[C@H]1CN(CCOc1ccc(Oc3nc4ncccc4s3)cc1)C2. The molecule has 30 heavy (non-hydrogen) atoms. The first kappa shape index (κ1) is 19.3. The predicted molar refractivity (Wildman–Crippen MR) is 115 cm³/mol. The van der Waals surface area contributed by atoms with Crippen LogP contribution >= 0.6 is 11.3 Å². The Morgan fingerprint density at radius 1 is 1.13 bits per heavy atom. The molecule has 1 amide bonds. The molecular weight excluding hydrogens is 400 g/mol. The van der Waals surface area contributed by atoms with E-state index in [0.29, 0.717) is 29.5 Å². The number of amides is 1. The molecule has 0 saturated carbocycles. The van der Waals surface area contributed by atoms with Crippen LogP contribution in [0.15, 0.2) is 42.6 Å². The molecule has 1 aromatic carbocycles. The van der Waals surface area contributed by atoms with E-state index in [9.17, 15) is 4.79 Å². The Balaban J connectivity index is 1.11. The van der Waals surface area contributed by atoms with Gasteiger partial charge in [-0.2, -0.15) is 4.98 Å². The molecular formula is C22H24N4O3S. The monoisotopic (exact) mass is 424 g/mol. The van der Waals surface area contributed by atoms with Crippen molar-refractivity contribution >= 4 is 27.6 Å². The van der Waals surface area contributed by atoms with Crippen LogP contribution in [0.25, 0.3) is 10.3 Å². The molecule has 0 N–H and O–H groups in total. The maximum atomic E-state index is 11.8. The molecule has 156 valence electrons. The number of nitrogens with zero attached hydrogens (tertiary/aromatic N) is 4. The lowest BCUT2D eigenvalue weighted by Crippen LogP contribution is -2.55. The summed E-state index contributed by atoms with van der Waals surface area (Å²) in [6.07, 6.45) is 3.97.